The molecule has 0 bridgehead atoms. The maximum Gasteiger partial charge on any atom is 0.307 e. The van der Waals surface area contributed by atoms with Crippen LogP contribution in [0.5, 0.6) is 0 Å². The lowest BCUT2D eigenvalue weighted by Crippen LogP contribution is -2.18. The lowest BCUT2D eigenvalue weighted by molar-refractivity contribution is 0.0925. The highest BCUT2D eigenvalue weighted by atomic mass is 79.9. The van der Waals surface area contributed by atoms with E-state index in [1.807, 2.05) is 37.3 Å². The topological polar surface area (TPSA) is 83.7 Å². The molecular weight excluding hydrogens is 422 g/mol. The number of rotatable bonds is 5. The number of furan rings is 1. The van der Waals surface area contributed by atoms with Gasteiger partial charge in [0.15, 0.2) is 10.4 Å². The van der Waals surface area contributed by atoms with Crippen molar-refractivity contribution in [2.75, 3.05) is 5.32 Å². The van der Waals surface area contributed by atoms with Gasteiger partial charge in [-0.1, -0.05) is 30.3 Å². The highest BCUT2D eigenvalue weighted by molar-refractivity contribution is 9.10. The first-order valence-corrected chi connectivity index (χ1v) is 9.31. The van der Waals surface area contributed by atoms with E-state index in [4.69, 9.17) is 4.42 Å². The molecule has 7 heteroatoms. The molecule has 0 radical (unpaired) electrons. The van der Waals surface area contributed by atoms with Crippen LogP contribution in [0.3, 0.4) is 0 Å². The molecule has 0 aliphatic carbocycles. The van der Waals surface area contributed by atoms with Crippen molar-refractivity contribution in [3.05, 3.63) is 87.8 Å². The Hall–Kier alpha value is -3.19. The van der Waals surface area contributed by atoms with E-state index in [9.17, 15) is 9.59 Å². The van der Waals surface area contributed by atoms with Gasteiger partial charge >= 0.3 is 5.91 Å². The van der Waals surface area contributed by atoms with Crippen LogP contribution in [0.4, 0.5) is 5.69 Å². The number of benzene rings is 2. The van der Waals surface area contributed by atoms with E-state index >= 15 is 0 Å². The number of amides is 2. The summed E-state index contributed by atoms with van der Waals surface area (Å²) in [7, 11) is 0. The molecule has 3 aromatic rings. The minimum atomic E-state index is -0.438. The molecule has 0 unspecified atom stereocenters. The molecule has 142 valence electrons. The fourth-order valence-corrected chi connectivity index (χ4v) is 2.82. The molecule has 0 saturated heterocycles. The Morgan fingerprint density at radius 2 is 1.68 bits per heavy atom. The summed E-state index contributed by atoms with van der Waals surface area (Å²) in [6.07, 6.45) is 0. The molecule has 2 amide bonds. The smallest absolute Gasteiger partial charge is 0.307 e. The maximum absolute atomic E-state index is 12.4. The Morgan fingerprint density at radius 3 is 2.32 bits per heavy atom. The Labute approximate surface area is 170 Å². The zero-order valence-electron chi connectivity index (χ0n) is 15.3. The van der Waals surface area contributed by atoms with Crippen molar-refractivity contribution in [3.63, 3.8) is 0 Å². The molecule has 2 N–H and O–H groups in total. The molecule has 6 nitrogen and oxygen atoms in total. The van der Waals surface area contributed by atoms with Crippen molar-refractivity contribution in [1.29, 1.82) is 0 Å². The van der Waals surface area contributed by atoms with Gasteiger partial charge in [-0.3, -0.25) is 9.59 Å². The van der Waals surface area contributed by atoms with E-state index in [0.29, 0.717) is 21.6 Å². The van der Waals surface area contributed by atoms with Crippen LogP contribution in [0, 0.1) is 6.92 Å². The average molecular weight is 440 g/mol. The second-order valence-electron chi connectivity index (χ2n) is 6.09. The van der Waals surface area contributed by atoms with Gasteiger partial charge in [-0.2, -0.15) is 5.10 Å². The molecule has 28 heavy (non-hydrogen) atoms. The fourth-order valence-electron chi connectivity index (χ4n) is 2.51. The molecule has 0 atom stereocenters. The summed E-state index contributed by atoms with van der Waals surface area (Å²) in [6.45, 7) is 3.67. The summed E-state index contributed by atoms with van der Waals surface area (Å²) in [4.78, 5) is 24.3. The lowest BCUT2D eigenvalue weighted by atomic mass is 10.1. The first-order chi connectivity index (χ1) is 13.4. The van der Waals surface area contributed by atoms with E-state index < -0.39 is 5.91 Å². The number of aryl methyl sites for hydroxylation is 1. The second-order valence-corrected chi connectivity index (χ2v) is 6.87. The second kappa shape index (κ2) is 8.67. The molecule has 0 aliphatic rings. The highest BCUT2D eigenvalue weighted by Gasteiger charge is 2.10. The van der Waals surface area contributed by atoms with Crippen LogP contribution in [0.2, 0.25) is 0 Å². The third-order valence-electron chi connectivity index (χ3n) is 4.07. The van der Waals surface area contributed by atoms with Crippen LogP contribution in [0.1, 0.15) is 39.0 Å². The van der Waals surface area contributed by atoms with E-state index in [-0.39, 0.29) is 11.7 Å². The van der Waals surface area contributed by atoms with Gasteiger partial charge < -0.3 is 9.73 Å². The summed E-state index contributed by atoms with van der Waals surface area (Å²) in [5.74, 6) is -0.432. The number of nitrogens with zero attached hydrogens (tertiary/aromatic N) is 1. The van der Waals surface area contributed by atoms with Gasteiger partial charge in [0.2, 0.25) is 0 Å². The molecule has 0 spiro atoms. The highest BCUT2D eigenvalue weighted by Crippen LogP contribution is 2.15. The standard InChI is InChI=1S/C21H18BrN3O3/c1-13-5-3-4-6-17(13)20(26)23-16-9-7-15(8-10-16)14(2)24-25-21(27)18-11-12-19(22)28-18/h3-12H,1-2H3,(H,23,26)(H,25,27). The van der Waals surface area contributed by atoms with Crippen molar-refractivity contribution in [3.8, 4) is 0 Å². The van der Waals surface area contributed by atoms with Gasteiger partial charge in [0.1, 0.15) is 0 Å². The van der Waals surface area contributed by atoms with Crippen LogP contribution in [0.15, 0.2) is 74.9 Å². The number of carbonyl (C=O) groups is 2. The van der Waals surface area contributed by atoms with Crippen LogP contribution >= 0.6 is 15.9 Å². The number of hydrogen-bond acceptors (Lipinski definition) is 4. The summed E-state index contributed by atoms with van der Waals surface area (Å²) < 4.78 is 5.65. The van der Waals surface area contributed by atoms with Crippen LogP contribution in [0.25, 0.3) is 0 Å². The number of anilines is 1. The first-order valence-electron chi connectivity index (χ1n) is 8.51. The van der Waals surface area contributed by atoms with E-state index in [1.165, 1.54) is 0 Å². The zero-order chi connectivity index (χ0) is 20.1. The number of halogens is 1. The van der Waals surface area contributed by atoms with Gasteiger partial charge in [0.25, 0.3) is 5.91 Å². The van der Waals surface area contributed by atoms with Crippen molar-refractivity contribution >= 4 is 39.1 Å². The molecule has 3 rings (SSSR count). The van der Waals surface area contributed by atoms with Crippen LogP contribution in [-0.2, 0) is 0 Å². The monoisotopic (exact) mass is 439 g/mol. The minimum Gasteiger partial charge on any atom is -0.444 e. The van der Waals surface area contributed by atoms with E-state index in [1.54, 1.807) is 37.3 Å². The Morgan fingerprint density at radius 1 is 0.964 bits per heavy atom. The number of carbonyl (C=O) groups excluding carboxylic acids is 2. The average Bonchev–Trinajstić information content (AvgIpc) is 3.13. The van der Waals surface area contributed by atoms with Crippen molar-refractivity contribution in [1.82, 2.24) is 5.43 Å². The molecule has 0 fully saturated rings. The van der Waals surface area contributed by atoms with Gasteiger partial charge in [0.05, 0.1) is 5.71 Å². The molecule has 1 aromatic heterocycles. The van der Waals surface area contributed by atoms with Crippen molar-refractivity contribution in [2.45, 2.75) is 13.8 Å². The minimum absolute atomic E-state index is 0.159. The van der Waals surface area contributed by atoms with Crippen LogP contribution in [-0.4, -0.2) is 17.5 Å². The number of hydrogen-bond donors (Lipinski definition) is 2. The van der Waals surface area contributed by atoms with E-state index in [0.717, 1.165) is 11.1 Å². The predicted molar refractivity (Wildman–Crippen MR) is 112 cm³/mol. The lowest BCUT2D eigenvalue weighted by Gasteiger charge is -2.08. The zero-order valence-corrected chi connectivity index (χ0v) is 16.9. The van der Waals surface area contributed by atoms with Gasteiger partial charge in [-0.05, 0) is 71.2 Å². The quantitative estimate of drug-likeness (QED) is 0.444. The molecule has 2 aromatic carbocycles. The van der Waals surface area contributed by atoms with Gasteiger partial charge in [-0.15, -0.1) is 0 Å². The summed E-state index contributed by atoms with van der Waals surface area (Å²) >= 11 is 3.15. The molecular formula is C21H18BrN3O3. The van der Waals surface area contributed by atoms with Gasteiger partial charge in [0, 0.05) is 11.3 Å². The number of hydrazone groups is 1. The predicted octanol–water partition coefficient (Wildman–Crippen LogP) is 4.76. The summed E-state index contributed by atoms with van der Waals surface area (Å²) in [6, 6.07) is 17.8. The summed E-state index contributed by atoms with van der Waals surface area (Å²) in [5.41, 5.74) is 6.11. The Bertz CT molecular complexity index is 1040. The van der Waals surface area contributed by atoms with Crippen molar-refractivity contribution < 1.29 is 14.0 Å². The van der Waals surface area contributed by atoms with Crippen molar-refractivity contribution in [2.24, 2.45) is 5.10 Å². The first kappa shape index (κ1) is 19.6. The molecule has 1 heterocycles. The largest absolute Gasteiger partial charge is 0.444 e. The fraction of sp³-hybridized carbons (Fsp3) is 0.0952. The third-order valence-corrected chi connectivity index (χ3v) is 4.50. The summed E-state index contributed by atoms with van der Waals surface area (Å²) in [5, 5.41) is 6.96. The third kappa shape index (κ3) is 4.75. The normalized spacial score (nSPS) is 11.2. The molecule has 0 saturated carbocycles. The maximum atomic E-state index is 12.4. The Kier molecular flexibility index (Phi) is 6.06. The molecule has 0 aliphatic heterocycles. The SMILES string of the molecule is CC(=NNC(=O)c1ccc(Br)o1)c1ccc(NC(=O)c2ccccc2C)cc1. The number of nitrogens with one attached hydrogen (secondary N) is 2. The van der Waals surface area contributed by atoms with Gasteiger partial charge in [-0.25, -0.2) is 5.43 Å². The Balaban J connectivity index is 1.64. The van der Waals surface area contributed by atoms with Crippen LogP contribution < -0.4 is 10.7 Å². The van der Waals surface area contributed by atoms with E-state index in [2.05, 4.69) is 31.8 Å².